The number of hydrogen-bond acceptors (Lipinski definition) is 1. The predicted octanol–water partition coefficient (Wildman–Crippen LogP) is 5.18. The lowest BCUT2D eigenvalue weighted by Gasteiger charge is -2.08. The Morgan fingerprint density at radius 3 is 2.53 bits per heavy atom. The minimum absolute atomic E-state index is 0.135. The van der Waals surface area contributed by atoms with Crippen molar-refractivity contribution in [3.8, 4) is 0 Å². The van der Waals surface area contributed by atoms with Gasteiger partial charge in [0.25, 0.3) is 0 Å². The van der Waals surface area contributed by atoms with Crippen LogP contribution in [0.1, 0.15) is 12.0 Å². The standard InChI is InChI=1S/C15H14Cl2FN/c16-13-6-2-1-4-11(13)5-3-9-19-12-7-8-15(18)14(17)10-12/h1-2,4,6-8,10,19H,3,5,9H2. The molecule has 19 heavy (non-hydrogen) atoms. The Hall–Kier alpha value is -1.25. The number of anilines is 1. The summed E-state index contributed by atoms with van der Waals surface area (Å²) in [5.41, 5.74) is 1.97. The normalized spacial score (nSPS) is 10.5. The molecule has 0 aliphatic heterocycles. The van der Waals surface area contributed by atoms with Crippen LogP contribution in [0, 0.1) is 5.82 Å². The molecule has 0 radical (unpaired) electrons. The first-order valence-electron chi connectivity index (χ1n) is 6.09. The lowest BCUT2D eigenvalue weighted by Crippen LogP contribution is -2.03. The first-order valence-corrected chi connectivity index (χ1v) is 6.85. The molecule has 0 saturated heterocycles. The predicted molar refractivity (Wildman–Crippen MR) is 79.7 cm³/mol. The number of aryl methyl sites for hydroxylation is 1. The van der Waals surface area contributed by atoms with Gasteiger partial charge in [-0.2, -0.15) is 0 Å². The zero-order valence-electron chi connectivity index (χ0n) is 10.3. The third-order valence-electron chi connectivity index (χ3n) is 2.83. The molecule has 0 atom stereocenters. The van der Waals surface area contributed by atoms with E-state index in [9.17, 15) is 4.39 Å². The van der Waals surface area contributed by atoms with Gasteiger partial charge in [-0.25, -0.2) is 4.39 Å². The minimum atomic E-state index is -0.400. The molecule has 2 aromatic carbocycles. The van der Waals surface area contributed by atoms with Crippen molar-refractivity contribution in [3.05, 3.63) is 63.9 Å². The molecule has 4 heteroatoms. The molecular weight excluding hydrogens is 284 g/mol. The van der Waals surface area contributed by atoms with Crippen LogP contribution in [-0.4, -0.2) is 6.54 Å². The summed E-state index contributed by atoms with van der Waals surface area (Å²) in [6, 6.07) is 12.4. The highest BCUT2D eigenvalue weighted by atomic mass is 35.5. The first kappa shape index (κ1) is 14.2. The van der Waals surface area contributed by atoms with Crippen molar-refractivity contribution in [2.45, 2.75) is 12.8 Å². The molecule has 0 fully saturated rings. The van der Waals surface area contributed by atoms with E-state index in [-0.39, 0.29) is 5.02 Å². The van der Waals surface area contributed by atoms with E-state index in [4.69, 9.17) is 23.2 Å². The molecule has 0 saturated carbocycles. The van der Waals surface area contributed by atoms with E-state index >= 15 is 0 Å². The average molecular weight is 298 g/mol. The van der Waals surface area contributed by atoms with Gasteiger partial charge < -0.3 is 5.32 Å². The van der Waals surface area contributed by atoms with E-state index in [1.54, 1.807) is 12.1 Å². The lowest BCUT2D eigenvalue weighted by atomic mass is 10.1. The minimum Gasteiger partial charge on any atom is -0.385 e. The molecule has 0 aliphatic rings. The summed E-state index contributed by atoms with van der Waals surface area (Å²) in [5, 5.41) is 4.14. The van der Waals surface area contributed by atoms with Crippen LogP contribution in [0.25, 0.3) is 0 Å². The smallest absolute Gasteiger partial charge is 0.141 e. The van der Waals surface area contributed by atoms with Gasteiger partial charge in [0.05, 0.1) is 5.02 Å². The van der Waals surface area contributed by atoms with Crippen molar-refractivity contribution in [1.29, 1.82) is 0 Å². The van der Waals surface area contributed by atoms with Gasteiger partial charge in [-0.05, 0) is 42.7 Å². The maximum Gasteiger partial charge on any atom is 0.141 e. The van der Waals surface area contributed by atoms with E-state index in [1.807, 2.05) is 24.3 Å². The van der Waals surface area contributed by atoms with E-state index in [1.165, 1.54) is 6.07 Å². The molecule has 0 amide bonds. The molecule has 2 rings (SSSR count). The van der Waals surface area contributed by atoms with Gasteiger partial charge in [-0.15, -0.1) is 0 Å². The molecule has 0 aliphatic carbocycles. The van der Waals surface area contributed by atoms with Crippen molar-refractivity contribution in [2.24, 2.45) is 0 Å². The summed E-state index contributed by atoms with van der Waals surface area (Å²) >= 11 is 11.8. The summed E-state index contributed by atoms with van der Waals surface area (Å²) in [5.74, 6) is -0.400. The fourth-order valence-corrected chi connectivity index (χ4v) is 2.23. The van der Waals surface area contributed by atoms with Gasteiger partial charge in [-0.3, -0.25) is 0 Å². The van der Waals surface area contributed by atoms with Crippen LogP contribution in [0.3, 0.4) is 0 Å². The van der Waals surface area contributed by atoms with Crippen LogP contribution < -0.4 is 5.32 Å². The number of halogens is 3. The fraction of sp³-hybridized carbons (Fsp3) is 0.200. The largest absolute Gasteiger partial charge is 0.385 e. The molecule has 100 valence electrons. The van der Waals surface area contributed by atoms with Gasteiger partial charge >= 0.3 is 0 Å². The molecule has 0 aromatic heterocycles. The number of rotatable bonds is 5. The SMILES string of the molecule is Fc1ccc(NCCCc2ccccc2Cl)cc1Cl. The Balaban J connectivity index is 1.81. The number of hydrogen-bond donors (Lipinski definition) is 1. The van der Waals surface area contributed by atoms with Gasteiger partial charge in [0.15, 0.2) is 0 Å². The van der Waals surface area contributed by atoms with Gasteiger partial charge in [0.2, 0.25) is 0 Å². The Kier molecular flexibility index (Phi) is 5.06. The first-order chi connectivity index (χ1) is 9.16. The van der Waals surface area contributed by atoms with Crippen LogP contribution in [0.15, 0.2) is 42.5 Å². The zero-order chi connectivity index (χ0) is 13.7. The van der Waals surface area contributed by atoms with Crippen molar-refractivity contribution in [1.82, 2.24) is 0 Å². The molecule has 0 heterocycles. The van der Waals surface area contributed by atoms with E-state index in [0.29, 0.717) is 0 Å². The Morgan fingerprint density at radius 1 is 1.00 bits per heavy atom. The third-order valence-corrected chi connectivity index (χ3v) is 3.49. The van der Waals surface area contributed by atoms with Crippen LogP contribution in [-0.2, 0) is 6.42 Å². The van der Waals surface area contributed by atoms with Crippen molar-refractivity contribution >= 4 is 28.9 Å². The average Bonchev–Trinajstić information content (AvgIpc) is 2.40. The monoisotopic (exact) mass is 297 g/mol. The highest BCUT2D eigenvalue weighted by molar-refractivity contribution is 6.31. The summed E-state index contributed by atoms with van der Waals surface area (Å²) in [4.78, 5) is 0. The van der Waals surface area contributed by atoms with Crippen LogP contribution >= 0.6 is 23.2 Å². The maximum atomic E-state index is 13.0. The molecular formula is C15H14Cl2FN. The zero-order valence-corrected chi connectivity index (χ0v) is 11.8. The topological polar surface area (TPSA) is 12.0 Å². The summed E-state index contributed by atoms with van der Waals surface area (Å²) in [6.07, 6.45) is 1.85. The lowest BCUT2D eigenvalue weighted by molar-refractivity contribution is 0.628. The Morgan fingerprint density at radius 2 is 1.79 bits per heavy atom. The van der Waals surface area contributed by atoms with Gasteiger partial charge in [0, 0.05) is 17.3 Å². The van der Waals surface area contributed by atoms with Crippen molar-refractivity contribution in [2.75, 3.05) is 11.9 Å². The summed E-state index contributed by atoms with van der Waals surface area (Å²) in [6.45, 7) is 0.785. The van der Waals surface area contributed by atoms with Crippen LogP contribution in [0.5, 0.6) is 0 Å². The van der Waals surface area contributed by atoms with Crippen molar-refractivity contribution in [3.63, 3.8) is 0 Å². The van der Waals surface area contributed by atoms with Crippen LogP contribution in [0.4, 0.5) is 10.1 Å². The highest BCUT2D eigenvalue weighted by Gasteiger charge is 2.01. The number of benzene rings is 2. The summed E-state index contributed by atoms with van der Waals surface area (Å²) in [7, 11) is 0. The van der Waals surface area contributed by atoms with Crippen molar-refractivity contribution < 1.29 is 4.39 Å². The maximum absolute atomic E-state index is 13.0. The summed E-state index contributed by atoms with van der Waals surface area (Å²) < 4.78 is 13.0. The van der Waals surface area contributed by atoms with Gasteiger partial charge in [-0.1, -0.05) is 41.4 Å². The Bertz CT molecular complexity index is 558. The molecule has 2 aromatic rings. The highest BCUT2D eigenvalue weighted by Crippen LogP contribution is 2.20. The third kappa shape index (κ3) is 4.12. The van der Waals surface area contributed by atoms with E-state index in [0.717, 1.165) is 35.7 Å². The fourth-order valence-electron chi connectivity index (χ4n) is 1.82. The second kappa shape index (κ2) is 6.78. The molecule has 0 unspecified atom stereocenters. The van der Waals surface area contributed by atoms with E-state index < -0.39 is 5.82 Å². The molecule has 0 bridgehead atoms. The molecule has 1 nitrogen and oxygen atoms in total. The Labute approximate surface area is 122 Å². The second-order valence-electron chi connectivity index (χ2n) is 4.25. The van der Waals surface area contributed by atoms with Crippen LogP contribution in [0.2, 0.25) is 10.0 Å². The van der Waals surface area contributed by atoms with Gasteiger partial charge in [0.1, 0.15) is 5.82 Å². The van der Waals surface area contributed by atoms with E-state index in [2.05, 4.69) is 5.32 Å². The molecule has 1 N–H and O–H groups in total. The second-order valence-corrected chi connectivity index (χ2v) is 5.07. The molecule has 0 spiro atoms. The number of nitrogens with one attached hydrogen (secondary N) is 1. The quantitative estimate of drug-likeness (QED) is 0.750.